The molecule has 4 aliphatic rings. The molecule has 0 unspecified atom stereocenters. The van der Waals surface area contributed by atoms with Crippen LogP contribution in [0, 0.1) is 22.1 Å². The van der Waals surface area contributed by atoms with Crippen LogP contribution in [0.25, 0.3) is 22.2 Å². The summed E-state index contributed by atoms with van der Waals surface area (Å²) < 4.78 is 72.3. The number of piperazine rings is 1. The van der Waals surface area contributed by atoms with Gasteiger partial charge in [-0.3, -0.25) is 4.90 Å². The van der Waals surface area contributed by atoms with E-state index in [4.69, 9.17) is 43.4 Å². The Hall–Kier alpha value is -5.27. The van der Waals surface area contributed by atoms with Crippen molar-refractivity contribution in [3.8, 4) is 34.6 Å². The number of aromatic nitrogens is 3. The molecular weight excluding hydrogens is 988 g/mol. The fraction of sp³-hybridized carbons (Fsp3) is 0.490. The highest BCUT2D eigenvalue weighted by Crippen LogP contribution is 2.46. The summed E-state index contributed by atoms with van der Waals surface area (Å²) >= 11 is 2.08. The number of aryl methyl sites for hydroxylation is 1. The van der Waals surface area contributed by atoms with Crippen molar-refractivity contribution < 1.29 is 42.0 Å². The molecule has 5 atom stereocenters. The zero-order valence-corrected chi connectivity index (χ0v) is 42.1. The third kappa shape index (κ3) is 9.41. The van der Waals surface area contributed by atoms with Crippen LogP contribution in [-0.4, -0.2) is 120 Å². The van der Waals surface area contributed by atoms with Gasteiger partial charge in [-0.2, -0.15) is 9.97 Å². The van der Waals surface area contributed by atoms with Crippen LogP contribution in [0.1, 0.15) is 70.6 Å². The topological polar surface area (TPSA) is 124 Å². The smallest absolute Gasteiger partial charge is 0.410 e. The fourth-order valence-corrected chi connectivity index (χ4v) is 10.9. The Bertz CT molecular complexity index is 2610. The molecule has 0 bridgehead atoms. The van der Waals surface area contributed by atoms with Crippen molar-refractivity contribution in [3.63, 3.8) is 0 Å². The number of carbonyl (C=O) groups is 1. The average molecular weight is 1050 g/mol. The molecule has 0 saturated carbocycles. The third-order valence-corrected chi connectivity index (χ3v) is 14.9. The zero-order valence-electron chi connectivity index (χ0n) is 40.0. The van der Waals surface area contributed by atoms with Gasteiger partial charge in [-0.05, 0) is 123 Å². The largest absolute Gasteiger partial charge is 0.497 e. The van der Waals surface area contributed by atoms with Crippen LogP contribution in [0.5, 0.6) is 23.4 Å². The van der Waals surface area contributed by atoms with E-state index in [9.17, 15) is 4.79 Å². The summed E-state index contributed by atoms with van der Waals surface area (Å²) in [5.41, 5.74) is 1.76. The summed E-state index contributed by atoms with van der Waals surface area (Å²) in [6.07, 6.45) is 1.45. The van der Waals surface area contributed by atoms with Crippen LogP contribution in [-0.2, 0) is 22.6 Å². The van der Waals surface area contributed by atoms with Crippen molar-refractivity contribution in [1.29, 1.82) is 0 Å². The minimum Gasteiger partial charge on any atom is -0.497 e. The number of rotatable bonds is 12. The SMILES string of the molecule is CC[C@H]1[C@H]2[C@H](C)Oc3nc(-c4c(F)c(N(Cc5ccc(OC)cc5)Cc5ccc(OC)cc5)cc(C)c4I)c(F)c4nc(OC[C@@H]5CC[C@H]6COCCN65)nc(c34)N2CCN1C(=O)OC(C)(C)C. The predicted octanol–water partition coefficient (Wildman–Crippen LogP) is 9.33. The van der Waals surface area contributed by atoms with Crippen LogP contribution in [0.2, 0.25) is 0 Å². The molecule has 3 aromatic carbocycles. The van der Waals surface area contributed by atoms with Crippen LogP contribution in [0.4, 0.5) is 25.1 Å². The molecule has 0 radical (unpaired) electrons. The molecule has 5 aromatic rings. The van der Waals surface area contributed by atoms with Gasteiger partial charge in [0.2, 0.25) is 5.88 Å². The van der Waals surface area contributed by atoms with Crippen molar-refractivity contribution in [2.24, 2.45) is 0 Å². The second-order valence-corrected chi connectivity index (χ2v) is 20.1. The average Bonchev–Trinajstić information content (AvgIpc) is 3.70. The molecule has 14 nitrogen and oxygen atoms in total. The van der Waals surface area contributed by atoms with E-state index < -0.39 is 35.5 Å². The molecular formula is C51H60F2IN7O7. The second-order valence-electron chi connectivity index (χ2n) is 19.1. The molecule has 2 aromatic heterocycles. The van der Waals surface area contributed by atoms with Gasteiger partial charge in [0.05, 0.1) is 50.8 Å². The lowest BCUT2D eigenvalue weighted by atomic mass is 9.94. The molecule has 6 heterocycles. The lowest BCUT2D eigenvalue weighted by Crippen LogP contribution is -2.65. The maximum absolute atomic E-state index is 18.0. The summed E-state index contributed by atoms with van der Waals surface area (Å²) in [6, 6.07) is 16.7. The molecule has 3 fully saturated rings. The van der Waals surface area contributed by atoms with E-state index in [1.54, 1.807) is 25.2 Å². The molecule has 362 valence electrons. The number of morpholine rings is 1. The fourth-order valence-electron chi connectivity index (χ4n) is 10.2. The summed E-state index contributed by atoms with van der Waals surface area (Å²) in [4.78, 5) is 36.7. The lowest BCUT2D eigenvalue weighted by molar-refractivity contribution is -0.0101. The van der Waals surface area contributed by atoms with Gasteiger partial charge < -0.3 is 43.1 Å². The Morgan fingerprint density at radius 3 is 2.24 bits per heavy atom. The molecule has 17 heteroatoms. The van der Waals surface area contributed by atoms with E-state index in [1.165, 1.54) is 0 Å². The summed E-state index contributed by atoms with van der Waals surface area (Å²) in [5, 5.41) is 0.256. The number of benzene rings is 3. The molecule has 68 heavy (non-hydrogen) atoms. The number of fused-ring (bicyclic) bond motifs is 3. The first-order chi connectivity index (χ1) is 32.7. The van der Waals surface area contributed by atoms with E-state index in [1.807, 2.05) is 95.0 Å². The maximum Gasteiger partial charge on any atom is 0.410 e. The van der Waals surface area contributed by atoms with Gasteiger partial charge in [0.1, 0.15) is 52.2 Å². The molecule has 0 aliphatic carbocycles. The molecule has 4 aliphatic heterocycles. The second kappa shape index (κ2) is 19.6. The molecule has 9 rings (SSSR count). The summed E-state index contributed by atoms with van der Waals surface area (Å²) in [6.45, 7) is 15.1. The standard InChI is InChI=1S/C51H60F2IN7O7/c1-9-37-46-30(3)67-48-40-45(56-49(66-28-34-15-14-33-27-65-23-22-59(33)34)57-47(40)61(46)21-20-60(37)50(62)68-51(4,5)6)42(53)44(55-48)39-41(52)38(24-29(2)43(39)54)58(25-31-10-16-35(63-7)17-11-31)26-32-12-18-36(64-8)19-13-32/h10-13,16-19,24,30,33-34,37,46H,9,14-15,20-23,25-28H2,1-8H3/t30-,33-,34-,37-,46+/m0/s1. The van der Waals surface area contributed by atoms with Crippen molar-refractivity contribution in [3.05, 3.63) is 86.5 Å². The number of hydrogen-bond donors (Lipinski definition) is 0. The maximum atomic E-state index is 18.0. The van der Waals surface area contributed by atoms with Gasteiger partial charge in [-0.1, -0.05) is 31.2 Å². The molecule has 3 saturated heterocycles. The highest BCUT2D eigenvalue weighted by Gasteiger charge is 2.47. The van der Waals surface area contributed by atoms with E-state index in [-0.39, 0.29) is 51.8 Å². The van der Waals surface area contributed by atoms with Crippen LogP contribution < -0.4 is 28.7 Å². The minimum absolute atomic E-state index is 0.00705. The molecule has 0 N–H and O–H groups in total. The van der Waals surface area contributed by atoms with Crippen LogP contribution in [0.15, 0.2) is 54.6 Å². The number of nitrogens with zero attached hydrogens (tertiary/aromatic N) is 7. The summed E-state index contributed by atoms with van der Waals surface area (Å²) in [7, 11) is 3.22. The number of amides is 1. The Labute approximate surface area is 410 Å². The van der Waals surface area contributed by atoms with Gasteiger partial charge >= 0.3 is 12.1 Å². The third-order valence-electron chi connectivity index (χ3n) is 13.5. The number of anilines is 2. The monoisotopic (exact) mass is 1050 g/mol. The number of ether oxygens (including phenoxy) is 6. The number of methoxy groups -OCH3 is 2. The van der Waals surface area contributed by atoms with Gasteiger partial charge in [-0.25, -0.2) is 18.6 Å². The number of hydrogen-bond acceptors (Lipinski definition) is 13. The van der Waals surface area contributed by atoms with Gasteiger partial charge in [0, 0.05) is 48.4 Å². The number of pyridine rings is 1. The van der Waals surface area contributed by atoms with Crippen molar-refractivity contribution in [2.75, 3.05) is 63.5 Å². The quantitative estimate of drug-likeness (QED) is 0.110. The zero-order chi connectivity index (χ0) is 48.0. The molecule has 0 spiro atoms. The molecule has 1 amide bonds. The van der Waals surface area contributed by atoms with Gasteiger partial charge in [-0.15, -0.1) is 0 Å². The van der Waals surface area contributed by atoms with E-state index in [0.29, 0.717) is 79.3 Å². The predicted molar refractivity (Wildman–Crippen MR) is 264 cm³/mol. The highest BCUT2D eigenvalue weighted by molar-refractivity contribution is 14.1. The first kappa shape index (κ1) is 47.8. The Morgan fingerprint density at radius 2 is 1.60 bits per heavy atom. The van der Waals surface area contributed by atoms with Crippen molar-refractivity contribution in [2.45, 2.75) is 110 Å². The summed E-state index contributed by atoms with van der Waals surface area (Å²) in [5.74, 6) is 0.382. The first-order valence-corrected chi connectivity index (χ1v) is 24.5. The van der Waals surface area contributed by atoms with Crippen LogP contribution in [0.3, 0.4) is 0 Å². The lowest BCUT2D eigenvalue weighted by Gasteiger charge is -2.48. The Balaban J connectivity index is 1.17. The van der Waals surface area contributed by atoms with Gasteiger partial charge in [0.25, 0.3) is 0 Å². The first-order valence-electron chi connectivity index (χ1n) is 23.5. The highest BCUT2D eigenvalue weighted by atomic mass is 127. The van der Waals surface area contributed by atoms with E-state index in [2.05, 4.69) is 32.4 Å². The van der Waals surface area contributed by atoms with E-state index >= 15 is 8.78 Å². The van der Waals surface area contributed by atoms with Gasteiger partial charge in [0.15, 0.2) is 11.6 Å². The van der Waals surface area contributed by atoms with Crippen molar-refractivity contribution >= 4 is 51.1 Å². The van der Waals surface area contributed by atoms with Crippen LogP contribution >= 0.6 is 22.6 Å². The minimum atomic E-state index is -0.828. The van der Waals surface area contributed by atoms with Crippen molar-refractivity contribution in [1.82, 2.24) is 24.8 Å². The number of halogens is 3. The number of carbonyl (C=O) groups excluding carboxylic acids is 1. The Kier molecular flexibility index (Phi) is 13.8. The normalized spacial score (nSPS) is 21.4. The Morgan fingerprint density at radius 1 is 0.926 bits per heavy atom. The van der Waals surface area contributed by atoms with E-state index in [0.717, 1.165) is 36.1 Å².